The Labute approximate surface area is 137 Å². The van der Waals surface area contributed by atoms with E-state index in [4.69, 9.17) is 16.6 Å². The largest absolute Gasteiger partial charge is 0.295 e. The minimum absolute atomic E-state index is 0.486. The fraction of sp³-hybridized carbons (Fsp3) is 0.421. The number of hydrogen-bond acceptors (Lipinski definition) is 2. The van der Waals surface area contributed by atoms with E-state index in [1.54, 1.807) is 0 Å². The maximum Gasteiger partial charge on any atom is 0.0575 e. The first-order chi connectivity index (χ1) is 10.7. The number of halogens is 1. The molecule has 0 N–H and O–H groups in total. The summed E-state index contributed by atoms with van der Waals surface area (Å²) < 4.78 is 0. The first-order valence-electron chi connectivity index (χ1n) is 8.14. The number of pyridine rings is 1. The van der Waals surface area contributed by atoms with Gasteiger partial charge >= 0.3 is 0 Å². The summed E-state index contributed by atoms with van der Waals surface area (Å²) in [5.74, 6) is 0.903. The average Bonchev–Trinajstić information content (AvgIpc) is 2.95. The number of hydrogen-bond donors (Lipinski definition) is 0. The molecule has 1 saturated carbocycles. The molecule has 2 aromatic rings. The van der Waals surface area contributed by atoms with E-state index in [1.165, 1.54) is 31.4 Å². The Morgan fingerprint density at radius 3 is 2.77 bits per heavy atom. The van der Waals surface area contributed by atoms with Crippen LogP contribution in [0.25, 0.3) is 11.1 Å². The third kappa shape index (κ3) is 2.55. The van der Waals surface area contributed by atoms with Crippen molar-refractivity contribution in [2.75, 3.05) is 7.05 Å². The highest BCUT2D eigenvalue weighted by Gasteiger charge is 2.38. The summed E-state index contributed by atoms with van der Waals surface area (Å²) in [5, 5.41) is 0.769. The molecule has 2 heterocycles. The molecule has 2 bridgehead atoms. The molecule has 2 fully saturated rings. The van der Waals surface area contributed by atoms with Crippen molar-refractivity contribution in [1.29, 1.82) is 0 Å². The number of nitrogens with zero attached hydrogens (tertiary/aromatic N) is 2. The van der Waals surface area contributed by atoms with Gasteiger partial charge in [-0.1, -0.05) is 29.8 Å². The Bertz CT molecular complexity index is 667. The van der Waals surface area contributed by atoms with Crippen molar-refractivity contribution in [2.24, 2.45) is 5.92 Å². The molecule has 1 saturated heterocycles. The van der Waals surface area contributed by atoms with Gasteiger partial charge in [0.2, 0.25) is 0 Å². The lowest BCUT2D eigenvalue weighted by atomic mass is 9.90. The molecule has 3 atom stereocenters. The Morgan fingerprint density at radius 1 is 1.09 bits per heavy atom. The fourth-order valence-electron chi connectivity index (χ4n) is 4.14. The van der Waals surface area contributed by atoms with E-state index in [2.05, 4.69) is 30.1 Å². The second kappa shape index (κ2) is 5.68. The zero-order valence-corrected chi connectivity index (χ0v) is 13.6. The minimum atomic E-state index is 0.486. The molecule has 2 aliphatic rings. The minimum Gasteiger partial charge on any atom is -0.295 e. The van der Waals surface area contributed by atoms with Crippen molar-refractivity contribution >= 4 is 11.6 Å². The van der Waals surface area contributed by atoms with Crippen LogP contribution in [0.5, 0.6) is 0 Å². The zero-order valence-electron chi connectivity index (χ0n) is 12.9. The molecule has 3 unspecified atom stereocenters. The predicted octanol–water partition coefficient (Wildman–Crippen LogP) is 4.95. The van der Waals surface area contributed by atoms with E-state index in [9.17, 15) is 0 Å². The van der Waals surface area contributed by atoms with Gasteiger partial charge in [0.05, 0.1) is 11.7 Å². The topological polar surface area (TPSA) is 16.1 Å². The standard InChI is InChI=1S/C19H21ClN2/c1-22-17-7-5-13(9-17)10-19(22)18-8-6-15(12-21-18)14-3-2-4-16(20)11-14/h2-4,6,8,11-13,17,19H,5,7,9-10H2,1H3. The van der Waals surface area contributed by atoms with Gasteiger partial charge in [-0.15, -0.1) is 0 Å². The maximum absolute atomic E-state index is 6.08. The molecule has 22 heavy (non-hydrogen) atoms. The van der Waals surface area contributed by atoms with Gasteiger partial charge in [-0.2, -0.15) is 0 Å². The monoisotopic (exact) mass is 312 g/mol. The van der Waals surface area contributed by atoms with E-state index in [1.807, 2.05) is 24.4 Å². The average molecular weight is 313 g/mol. The van der Waals surface area contributed by atoms with E-state index in [0.29, 0.717) is 6.04 Å². The number of piperidine rings is 1. The normalized spacial score (nSPS) is 28.0. The maximum atomic E-state index is 6.08. The lowest BCUT2D eigenvalue weighted by molar-refractivity contribution is 0.116. The van der Waals surface area contributed by atoms with Crippen LogP contribution in [0.1, 0.15) is 37.4 Å². The SMILES string of the molecule is CN1C2CCC(C2)CC1c1ccc(-c2cccc(Cl)c2)cn1. The fourth-order valence-corrected chi connectivity index (χ4v) is 4.33. The van der Waals surface area contributed by atoms with Gasteiger partial charge in [-0.25, -0.2) is 0 Å². The lowest BCUT2D eigenvalue weighted by Crippen LogP contribution is -2.37. The number of aromatic nitrogens is 1. The molecule has 3 heteroatoms. The van der Waals surface area contributed by atoms with Crippen LogP contribution in [-0.2, 0) is 0 Å². The summed E-state index contributed by atoms with van der Waals surface area (Å²) in [6.07, 6.45) is 7.39. The van der Waals surface area contributed by atoms with Gasteiger partial charge in [-0.05, 0) is 62.4 Å². The van der Waals surface area contributed by atoms with Gasteiger partial charge in [0.1, 0.15) is 0 Å². The molecule has 1 aromatic heterocycles. The Balaban J connectivity index is 1.59. The molecule has 114 valence electrons. The van der Waals surface area contributed by atoms with Crippen LogP contribution < -0.4 is 0 Å². The van der Waals surface area contributed by atoms with Crippen molar-refractivity contribution in [1.82, 2.24) is 9.88 Å². The van der Waals surface area contributed by atoms with Crippen LogP contribution in [0.4, 0.5) is 0 Å². The molecule has 2 nitrogen and oxygen atoms in total. The molecular formula is C19H21ClN2. The number of benzene rings is 1. The molecule has 1 aromatic carbocycles. The first-order valence-corrected chi connectivity index (χ1v) is 8.52. The highest BCUT2D eigenvalue weighted by atomic mass is 35.5. The lowest BCUT2D eigenvalue weighted by Gasteiger charge is -2.37. The summed E-state index contributed by atoms with van der Waals surface area (Å²) >= 11 is 6.08. The van der Waals surface area contributed by atoms with E-state index < -0.39 is 0 Å². The van der Waals surface area contributed by atoms with Crippen molar-refractivity contribution in [2.45, 2.75) is 37.8 Å². The second-order valence-corrected chi connectivity index (χ2v) is 7.17. The Kier molecular flexibility index (Phi) is 3.67. The van der Waals surface area contributed by atoms with Gasteiger partial charge < -0.3 is 0 Å². The highest BCUT2D eigenvalue weighted by molar-refractivity contribution is 6.30. The van der Waals surface area contributed by atoms with Gasteiger partial charge in [-0.3, -0.25) is 9.88 Å². The second-order valence-electron chi connectivity index (χ2n) is 6.73. The first kappa shape index (κ1) is 14.2. The van der Waals surface area contributed by atoms with Crippen molar-refractivity contribution < 1.29 is 0 Å². The summed E-state index contributed by atoms with van der Waals surface area (Å²) in [6, 6.07) is 13.6. The Hall–Kier alpha value is -1.38. The summed E-state index contributed by atoms with van der Waals surface area (Å²) in [7, 11) is 2.27. The molecule has 0 radical (unpaired) electrons. The van der Waals surface area contributed by atoms with Crippen molar-refractivity contribution in [3.8, 4) is 11.1 Å². The van der Waals surface area contributed by atoms with E-state index in [-0.39, 0.29) is 0 Å². The zero-order chi connectivity index (χ0) is 15.1. The highest BCUT2D eigenvalue weighted by Crippen LogP contribution is 2.44. The quantitative estimate of drug-likeness (QED) is 0.780. The predicted molar refractivity (Wildman–Crippen MR) is 90.9 cm³/mol. The third-order valence-electron chi connectivity index (χ3n) is 5.42. The third-order valence-corrected chi connectivity index (χ3v) is 5.66. The molecular weight excluding hydrogens is 292 g/mol. The van der Waals surface area contributed by atoms with E-state index >= 15 is 0 Å². The van der Waals surface area contributed by atoms with Crippen LogP contribution in [0.15, 0.2) is 42.6 Å². The number of likely N-dealkylation sites (tertiary alicyclic amines) is 1. The summed E-state index contributed by atoms with van der Waals surface area (Å²) in [5.41, 5.74) is 3.47. The molecule has 1 aliphatic carbocycles. The van der Waals surface area contributed by atoms with Crippen LogP contribution >= 0.6 is 11.6 Å². The van der Waals surface area contributed by atoms with Gasteiger partial charge in [0, 0.05) is 22.8 Å². The molecule has 0 spiro atoms. The molecule has 4 rings (SSSR count). The Morgan fingerprint density at radius 2 is 2.00 bits per heavy atom. The smallest absolute Gasteiger partial charge is 0.0575 e. The molecule has 0 amide bonds. The number of fused-ring (bicyclic) bond motifs is 2. The van der Waals surface area contributed by atoms with Crippen LogP contribution in [0.2, 0.25) is 5.02 Å². The summed E-state index contributed by atoms with van der Waals surface area (Å²) in [4.78, 5) is 7.32. The van der Waals surface area contributed by atoms with Gasteiger partial charge in [0.15, 0.2) is 0 Å². The molecule has 1 aliphatic heterocycles. The van der Waals surface area contributed by atoms with Gasteiger partial charge in [0.25, 0.3) is 0 Å². The van der Waals surface area contributed by atoms with Crippen LogP contribution in [-0.4, -0.2) is 23.0 Å². The van der Waals surface area contributed by atoms with Crippen molar-refractivity contribution in [3.63, 3.8) is 0 Å². The van der Waals surface area contributed by atoms with Crippen LogP contribution in [0, 0.1) is 5.92 Å². The van der Waals surface area contributed by atoms with E-state index in [0.717, 1.165) is 28.1 Å². The summed E-state index contributed by atoms with van der Waals surface area (Å²) in [6.45, 7) is 0. The number of rotatable bonds is 2. The van der Waals surface area contributed by atoms with Crippen molar-refractivity contribution in [3.05, 3.63) is 53.3 Å². The van der Waals surface area contributed by atoms with Crippen LogP contribution in [0.3, 0.4) is 0 Å².